The highest BCUT2D eigenvalue weighted by Crippen LogP contribution is 2.20. The summed E-state index contributed by atoms with van der Waals surface area (Å²) in [5.74, 6) is -1.66. The fraction of sp³-hybridized carbons (Fsp3) is 0.308. The predicted octanol–water partition coefficient (Wildman–Crippen LogP) is 3.35. The minimum absolute atomic E-state index is 0.116. The quantitative estimate of drug-likeness (QED) is 0.903. The van der Waals surface area contributed by atoms with Crippen molar-refractivity contribution in [1.82, 2.24) is 9.78 Å². The highest BCUT2D eigenvalue weighted by molar-refractivity contribution is 5.41. The van der Waals surface area contributed by atoms with Crippen molar-refractivity contribution in [2.45, 2.75) is 26.4 Å². The molecule has 1 N–H and O–H groups in total. The number of benzene rings is 1. The molecule has 1 aromatic heterocycles. The van der Waals surface area contributed by atoms with Gasteiger partial charge in [0.2, 0.25) is 0 Å². The maximum Gasteiger partial charge on any atom is 0.159 e. The van der Waals surface area contributed by atoms with Gasteiger partial charge in [0.1, 0.15) is 0 Å². The van der Waals surface area contributed by atoms with Gasteiger partial charge in [-0.3, -0.25) is 4.68 Å². The van der Waals surface area contributed by atoms with E-state index in [0.29, 0.717) is 5.56 Å². The van der Waals surface area contributed by atoms with Gasteiger partial charge >= 0.3 is 0 Å². The van der Waals surface area contributed by atoms with Crippen LogP contribution in [0.3, 0.4) is 0 Å². The van der Waals surface area contributed by atoms with Crippen LogP contribution in [0.4, 0.5) is 14.5 Å². The first-order valence-electron chi connectivity index (χ1n) is 5.84. The van der Waals surface area contributed by atoms with Crippen LogP contribution in [0, 0.1) is 11.6 Å². The van der Waals surface area contributed by atoms with Crippen LogP contribution in [0.15, 0.2) is 30.6 Å². The van der Waals surface area contributed by atoms with E-state index in [9.17, 15) is 8.78 Å². The average molecular weight is 251 g/mol. The largest absolute Gasteiger partial charge is 0.376 e. The lowest BCUT2D eigenvalue weighted by molar-refractivity contribution is 0.506. The second-order valence-corrected chi connectivity index (χ2v) is 4.12. The summed E-state index contributed by atoms with van der Waals surface area (Å²) in [6.07, 6.45) is 3.58. The molecule has 5 heteroatoms. The molecule has 0 aliphatic rings. The van der Waals surface area contributed by atoms with Crippen LogP contribution in [-0.2, 0) is 6.54 Å². The van der Waals surface area contributed by atoms with Gasteiger partial charge in [0.25, 0.3) is 0 Å². The van der Waals surface area contributed by atoms with Crippen LogP contribution in [0.25, 0.3) is 0 Å². The molecule has 18 heavy (non-hydrogen) atoms. The molecule has 0 saturated carbocycles. The number of nitrogens with zero attached hydrogens (tertiary/aromatic N) is 2. The minimum Gasteiger partial charge on any atom is -0.376 e. The summed E-state index contributed by atoms with van der Waals surface area (Å²) in [5.41, 5.74) is 1.55. The van der Waals surface area contributed by atoms with E-state index in [2.05, 4.69) is 10.4 Å². The Hall–Kier alpha value is -1.91. The smallest absolute Gasteiger partial charge is 0.159 e. The maximum atomic E-state index is 13.1. The van der Waals surface area contributed by atoms with Crippen LogP contribution in [0.2, 0.25) is 0 Å². The lowest BCUT2D eigenvalue weighted by Crippen LogP contribution is -2.06. The third kappa shape index (κ3) is 2.67. The molecule has 0 bridgehead atoms. The zero-order chi connectivity index (χ0) is 13.1. The number of hydrogen-bond acceptors (Lipinski definition) is 2. The van der Waals surface area contributed by atoms with Gasteiger partial charge in [0, 0.05) is 18.8 Å². The Morgan fingerprint density at radius 2 is 2.11 bits per heavy atom. The van der Waals surface area contributed by atoms with Crippen molar-refractivity contribution < 1.29 is 8.78 Å². The summed E-state index contributed by atoms with van der Waals surface area (Å²) in [5, 5.41) is 7.32. The fourth-order valence-corrected chi connectivity index (χ4v) is 1.73. The molecule has 96 valence electrons. The molecule has 0 radical (unpaired) electrons. The van der Waals surface area contributed by atoms with Gasteiger partial charge in [-0.25, -0.2) is 8.78 Å². The molecule has 0 amide bonds. The monoisotopic (exact) mass is 251 g/mol. The van der Waals surface area contributed by atoms with Crippen LogP contribution in [0.1, 0.15) is 25.5 Å². The number of nitrogens with one attached hydrogen (secondary N) is 1. The van der Waals surface area contributed by atoms with Gasteiger partial charge in [-0.1, -0.05) is 6.07 Å². The first-order valence-corrected chi connectivity index (χ1v) is 5.84. The van der Waals surface area contributed by atoms with Gasteiger partial charge in [-0.2, -0.15) is 5.10 Å². The van der Waals surface area contributed by atoms with E-state index >= 15 is 0 Å². The predicted molar refractivity (Wildman–Crippen MR) is 66.3 cm³/mol. The van der Waals surface area contributed by atoms with Crippen molar-refractivity contribution in [3.05, 3.63) is 47.8 Å². The highest BCUT2D eigenvalue weighted by Gasteiger charge is 2.09. The first-order chi connectivity index (χ1) is 8.60. The number of rotatable bonds is 4. The molecule has 0 aliphatic carbocycles. The Morgan fingerprint density at radius 3 is 2.72 bits per heavy atom. The summed E-state index contributed by atoms with van der Waals surface area (Å²) < 4.78 is 27.7. The van der Waals surface area contributed by atoms with Gasteiger partial charge < -0.3 is 5.32 Å². The Kier molecular flexibility index (Phi) is 3.60. The Labute approximate surface area is 104 Å². The molecule has 0 saturated heterocycles. The Morgan fingerprint density at radius 1 is 1.33 bits per heavy atom. The molecule has 2 aromatic rings. The summed E-state index contributed by atoms with van der Waals surface area (Å²) in [7, 11) is 0. The molecule has 2 rings (SSSR count). The van der Waals surface area contributed by atoms with Crippen molar-refractivity contribution in [3.8, 4) is 0 Å². The summed E-state index contributed by atoms with van der Waals surface area (Å²) in [6, 6.07) is 3.80. The average Bonchev–Trinajstić information content (AvgIpc) is 2.80. The number of aromatic nitrogens is 2. The van der Waals surface area contributed by atoms with Gasteiger partial charge in [-0.05, 0) is 31.5 Å². The molecular formula is C13H15F2N3. The zero-order valence-corrected chi connectivity index (χ0v) is 10.3. The number of hydrogen-bond donors (Lipinski definition) is 1. The first kappa shape index (κ1) is 12.5. The van der Waals surface area contributed by atoms with Crippen LogP contribution in [0.5, 0.6) is 0 Å². The minimum atomic E-state index is -0.829. The summed E-state index contributed by atoms with van der Waals surface area (Å²) in [6.45, 7) is 4.67. The van der Waals surface area contributed by atoms with Gasteiger partial charge in [0.15, 0.2) is 11.6 Å². The van der Waals surface area contributed by atoms with Gasteiger partial charge in [-0.15, -0.1) is 0 Å². The van der Waals surface area contributed by atoms with Crippen molar-refractivity contribution >= 4 is 5.69 Å². The van der Waals surface area contributed by atoms with Crippen LogP contribution < -0.4 is 5.32 Å². The fourth-order valence-electron chi connectivity index (χ4n) is 1.73. The van der Waals surface area contributed by atoms with Gasteiger partial charge in [0.05, 0.1) is 11.9 Å². The zero-order valence-electron chi connectivity index (χ0n) is 10.3. The van der Waals surface area contributed by atoms with E-state index in [1.165, 1.54) is 6.07 Å². The molecule has 1 atom stereocenters. The molecule has 1 heterocycles. The lowest BCUT2D eigenvalue weighted by atomic mass is 10.1. The molecule has 3 nitrogen and oxygen atoms in total. The second-order valence-electron chi connectivity index (χ2n) is 4.12. The number of aryl methyl sites for hydroxylation is 1. The van der Waals surface area contributed by atoms with Crippen molar-refractivity contribution in [2.75, 3.05) is 5.32 Å². The summed E-state index contributed by atoms with van der Waals surface area (Å²) >= 11 is 0. The normalized spacial score (nSPS) is 12.4. The van der Waals surface area contributed by atoms with Crippen LogP contribution >= 0.6 is 0 Å². The van der Waals surface area contributed by atoms with Crippen molar-refractivity contribution in [3.63, 3.8) is 0 Å². The third-order valence-corrected chi connectivity index (χ3v) is 2.78. The Bertz CT molecular complexity index is 537. The SMILES string of the molecule is CCn1cc(NC(C)c2ccc(F)c(F)c2)cn1. The topological polar surface area (TPSA) is 29.9 Å². The maximum absolute atomic E-state index is 13.1. The molecule has 0 aliphatic heterocycles. The molecule has 1 aromatic carbocycles. The van der Waals surface area contributed by atoms with E-state index in [1.807, 2.05) is 20.0 Å². The van der Waals surface area contributed by atoms with E-state index in [-0.39, 0.29) is 6.04 Å². The lowest BCUT2D eigenvalue weighted by Gasteiger charge is -2.14. The molecule has 0 fully saturated rings. The van der Waals surface area contributed by atoms with E-state index in [4.69, 9.17) is 0 Å². The molecule has 1 unspecified atom stereocenters. The van der Waals surface area contributed by atoms with Crippen molar-refractivity contribution in [2.24, 2.45) is 0 Å². The van der Waals surface area contributed by atoms with Crippen LogP contribution in [-0.4, -0.2) is 9.78 Å². The molecular weight excluding hydrogens is 236 g/mol. The van der Waals surface area contributed by atoms with E-state index in [0.717, 1.165) is 18.3 Å². The van der Waals surface area contributed by atoms with E-state index in [1.54, 1.807) is 16.9 Å². The summed E-state index contributed by atoms with van der Waals surface area (Å²) in [4.78, 5) is 0. The van der Waals surface area contributed by atoms with E-state index < -0.39 is 11.6 Å². The number of halogens is 2. The third-order valence-electron chi connectivity index (χ3n) is 2.78. The second kappa shape index (κ2) is 5.16. The number of anilines is 1. The standard InChI is InChI=1S/C13H15F2N3/c1-3-18-8-11(7-16-18)17-9(2)10-4-5-12(14)13(15)6-10/h4-9,17H,3H2,1-2H3. The Balaban J connectivity index is 2.11. The highest BCUT2D eigenvalue weighted by atomic mass is 19.2. The van der Waals surface area contributed by atoms with Crippen molar-refractivity contribution in [1.29, 1.82) is 0 Å². The molecule has 0 spiro atoms.